The summed E-state index contributed by atoms with van der Waals surface area (Å²) in [6, 6.07) is 8.78. The fourth-order valence-electron chi connectivity index (χ4n) is 2.63. The predicted molar refractivity (Wildman–Crippen MR) is 107 cm³/mol. The van der Waals surface area contributed by atoms with Gasteiger partial charge in [-0.2, -0.15) is 0 Å². The Hall–Kier alpha value is -1.59. The number of hydrogen-bond acceptors (Lipinski definition) is 3. The normalized spacial score (nSPS) is 11.8. The molecule has 0 aliphatic rings. The van der Waals surface area contributed by atoms with Crippen molar-refractivity contribution in [3.05, 3.63) is 35.4 Å². The molecule has 0 unspecified atom stereocenters. The van der Waals surface area contributed by atoms with Gasteiger partial charge in [-0.05, 0) is 44.0 Å². The maximum atomic E-state index is 5.35. The lowest BCUT2D eigenvalue weighted by Gasteiger charge is -2.18. The Labute approximate surface area is 153 Å². The molecule has 0 amide bonds. The van der Waals surface area contributed by atoms with Crippen LogP contribution in [0.5, 0.6) is 0 Å². The Bertz CT molecular complexity index is 486. The monoisotopic (exact) mass is 348 g/mol. The van der Waals surface area contributed by atoms with Crippen molar-refractivity contribution in [2.45, 2.75) is 46.7 Å². The summed E-state index contributed by atoms with van der Waals surface area (Å²) in [4.78, 5) is 6.72. The van der Waals surface area contributed by atoms with E-state index >= 15 is 0 Å². The van der Waals surface area contributed by atoms with E-state index in [4.69, 9.17) is 4.74 Å². The fraction of sp³-hybridized carbons (Fsp3) is 0.650. The Morgan fingerprint density at radius 1 is 1.08 bits per heavy atom. The summed E-state index contributed by atoms with van der Waals surface area (Å²) in [6.07, 6.45) is 2.16. The van der Waals surface area contributed by atoms with Crippen LogP contribution in [0.1, 0.15) is 44.7 Å². The molecule has 0 aromatic heterocycles. The Balaban J connectivity index is 2.37. The highest BCUT2D eigenvalue weighted by molar-refractivity contribution is 5.79. The molecular weight excluding hydrogens is 312 g/mol. The van der Waals surface area contributed by atoms with Gasteiger partial charge >= 0.3 is 0 Å². The quantitative estimate of drug-likeness (QED) is 0.346. The van der Waals surface area contributed by atoms with Gasteiger partial charge in [-0.25, -0.2) is 0 Å². The van der Waals surface area contributed by atoms with Crippen LogP contribution < -0.4 is 10.6 Å². The third-order valence-corrected chi connectivity index (χ3v) is 4.19. The van der Waals surface area contributed by atoms with Crippen molar-refractivity contribution in [1.29, 1.82) is 0 Å². The number of hydrogen-bond donors (Lipinski definition) is 2. The van der Waals surface area contributed by atoms with Gasteiger partial charge in [0.05, 0.1) is 0 Å². The SMILES string of the molecule is CCOCCCCNC(=NC)NCc1cccc(CN(CC)CC)c1. The van der Waals surface area contributed by atoms with Crippen LogP contribution in [-0.4, -0.2) is 50.8 Å². The summed E-state index contributed by atoms with van der Waals surface area (Å²) >= 11 is 0. The standard InChI is InChI=1S/C20H36N4O/c1-5-24(6-2)17-19-12-10-11-18(15-19)16-23-20(21-4)22-13-8-9-14-25-7-3/h10-12,15H,5-9,13-14,16-17H2,1-4H3,(H2,21,22,23). The van der Waals surface area contributed by atoms with E-state index in [-0.39, 0.29) is 0 Å². The van der Waals surface area contributed by atoms with E-state index in [1.54, 1.807) is 0 Å². The molecule has 0 aliphatic carbocycles. The summed E-state index contributed by atoms with van der Waals surface area (Å²) in [5, 5.41) is 6.75. The lowest BCUT2D eigenvalue weighted by Crippen LogP contribution is -2.37. The number of unbranched alkanes of at least 4 members (excludes halogenated alkanes) is 1. The van der Waals surface area contributed by atoms with Crippen molar-refractivity contribution < 1.29 is 4.74 Å². The second kappa shape index (κ2) is 13.7. The number of ether oxygens (including phenoxy) is 1. The molecule has 1 aromatic carbocycles. The second-order valence-corrected chi connectivity index (χ2v) is 6.04. The minimum atomic E-state index is 0.782. The van der Waals surface area contributed by atoms with Gasteiger partial charge < -0.3 is 15.4 Å². The van der Waals surface area contributed by atoms with Gasteiger partial charge in [0.1, 0.15) is 0 Å². The van der Waals surface area contributed by atoms with E-state index in [1.807, 2.05) is 14.0 Å². The maximum absolute atomic E-state index is 5.35. The van der Waals surface area contributed by atoms with Gasteiger partial charge in [-0.3, -0.25) is 9.89 Å². The molecule has 0 heterocycles. The summed E-state index contributed by atoms with van der Waals surface area (Å²) in [5.41, 5.74) is 2.64. The third kappa shape index (κ3) is 9.46. The number of benzene rings is 1. The molecule has 142 valence electrons. The largest absolute Gasteiger partial charge is 0.382 e. The van der Waals surface area contributed by atoms with Crippen molar-refractivity contribution in [2.75, 3.05) is 39.9 Å². The molecule has 0 aliphatic heterocycles. The Morgan fingerprint density at radius 2 is 1.84 bits per heavy atom. The molecule has 5 heteroatoms. The Kier molecular flexibility index (Phi) is 11.7. The molecule has 1 aromatic rings. The molecule has 0 bridgehead atoms. The fourth-order valence-corrected chi connectivity index (χ4v) is 2.63. The highest BCUT2D eigenvalue weighted by atomic mass is 16.5. The first kappa shape index (κ1) is 21.5. The molecule has 0 radical (unpaired) electrons. The summed E-state index contributed by atoms with van der Waals surface area (Å²) in [6.45, 7) is 12.9. The molecule has 0 atom stereocenters. The number of nitrogens with zero attached hydrogens (tertiary/aromatic N) is 2. The third-order valence-electron chi connectivity index (χ3n) is 4.19. The average Bonchev–Trinajstić information content (AvgIpc) is 2.65. The number of nitrogens with one attached hydrogen (secondary N) is 2. The average molecular weight is 349 g/mol. The molecule has 0 spiro atoms. The summed E-state index contributed by atoms with van der Waals surface area (Å²) < 4.78 is 5.35. The van der Waals surface area contributed by atoms with E-state index in [0.29, 0.717) is 0 Å². The molecule has 2 N–H and O–H groups in total. The number of rotatable bonds is 12. The zero-order valence-electron chi connectivity index (χ0n) is 16.5. The molecule has 0 saturated carbocycles. The van der Waals surface area contributed by atoms with Crippen LogP contribution in [0.3, 0.4) is 0 Å². The first-order chi connectivity index (χ1) is 12.2. The van der Waals surface area contributed by atoms with Crippen molar-refractivity contribution in [3.8, 4) is 0 Å². The number of guanidine groups is 1. The van der Waals surface area contributed by atoms with E-state index in [9.17, 15) is 0 Å². The predicted octanol–water partition coefficient (Wildman–Crippen LogP) is 3.01. The van der Waals surface area contributed by atoms with Crippen molar-refractivity contribution in [2.24, 2.45) is 4.99 Å². The van der Waals surface area contributed by atoms with Gasteiger partial charge in [0, 0.05) is 39.9 Å². The summed E-state index contributed by atoms with van der Waals surface area (Å²) in [7, 11) is 1.81. The van der Waals surface area contributed by atoms with Gasteiger partial charge in [0.15, 0.2) is 5.96 Å². The van der Waals surface area contributed by atoms with Crippen LogP contribution in [0.25, 0.3) is 0 Å². The lowest BCUT2D eigenvalue weighted by atomic mass is 10.1. The van der Waals surface area contributed by atoms with Gasteiger partial charge in [-0.15, -0.1) is 0 Å². The van der Waals surface area contributed by atoms with Gasteiger partial charge in [0.25, 0.3) is 0 Å². The van der Waals surface area contributed by atoms with E-state index < -0.39 is 0 Å². The molecule has 25 heavy (non-hydrogen) atoms. The van der Waals surface area contributed by atoms with Crippen molar-refractivity contribution in [3.63, 3.8) is 0 Å². The first-order valence-electron chi connectivity index (χ1n) is 9.55. The van der Waals surface area contributed by atoms with Crippen LogP contribution in [0, 0.1) is 0 Å². The number of aliphatic imine (C=N–C) groups is 1. The van der Waals surface area contributed by atoms with E-state index in [0.717, 1.165) is 64.7 Å². The smallest absolute Gasteiger partial charge is 0.191 e. The van der Waals surface area contributed by atoms with Crippen LogP contribution >= 0.6 is 0 Å². The minimum absolute atomic E-state index is 0.782. The molecular formula is C20H36N4O. The topological polar surface area (TPSA) is 48.9 Å². The molecule has 0 fully saturated rings. The Morgan fingerprint density at radius 3 is 2.52 bits per heavy atom. The molecule has 5 nitrogen and oxygen atoms in total. The molecule has 0 saturated heterocycles. The zero-order chi connectivity index (χ0) is 18.3. The lowest BCUT2D eigenvalue weighted by molar-refractivity contribution is 0.143. The van der Waals surface area contributed by atoms with Crippen LogP contribution in [-0.2, 0) is 17.8 Å². The maximum Gasteiger partial charge on any atom is 0.191 e. The van der Waals surface area contributed by atoms with Crippen molar-refractivity contribution in [1.82, 2.24) is 15.5 Å². The minimum Gasteiger partial charge on any atom is -0.382 e. The first-order valence-corrected chi connectivity index (χ1v) is 9.55. The van der Waals surface area contributed by atoms with Crippen LogP contribution in [0.2, 0.25) is 0 Å². The highest BCUT2D eigenvalue weighted by Gasteiger charge is 2.03. The highest BCUT2D eigenvalue weighted by Crippen LogP contribution is 2.08. The van der Waals surface area contributed by atoms with E-state index in [1.165, 1.54) is 11.1 Å². The van der Waals surface area contributed by atoms with Crippen LogP contribution in [0.4, 0.5) is 0 Å². The molecule has 1 rings (SSSR count). The van der Waals surface area contributed by atoms with E-state index in [2.05, 4.69) is 58.6 Å². The van der Waals surface area contributed by atoms with Crippen molar-refractivity contribution >= 4 is 5.96 Å². The van der Waals surface area contributed by atoms with Gasteiger partial charge in [-0.1, -0.05) is 38.1 Å². The summed E-state index contributed by atoms with van der Waals surface area (Å²) in [5.74, 6) is 0.852. The zero-order valence-corrected chi connectivity index (χ0v) is 16.5. The van der Waals surface area contributed by atoms with Crippen LogP contribution in [0.15, 0.2) is 29.3 Å². The second-order valence-electron chi connectivity index (χ2n) is 6.04. The van der Waals surface area contributed by atoms with Gasteiger partial charge in [0.2, 0.25) is 0 Å².